The van der Waals surface area contributed by atoms with E-state index in [9.17, 15) is 0 Å². The highest BCUT2D eigenvalue weighted by Crippen LogP contribution is 2.20. The summed E-state index contributed by atoms with van der Waals surface area (Å²) in [6.07, 6.45) is 14.3. The molecule has 1 saturated heterocycles. The molecule has 0 amide bonds. The largest absolute Gasteiger partial charge is 0.301 e. The van der Waals surface area contributed by atoms with Crippen molar-refractivity contribution in [1.29, 1.82) is 0 Å². The lowest BCUT2D eigenvalue weighted by atomic mass is 9.98. The van der Waals surface area contributed by atoms with Gasteiger partial charge in [-0.05, 0) is 33.2 Å². The maximum Gasteiger partial charge on any atom is 0.00924 e. The third kappa shape index (κ3) is 4.86. The second-order valence-electron chi connectivity index (χ2n) is 5.63. The molecule has 0 aromatic carbocycles. The molecule has 1 heterocycles. The Morgan fingerprint density at radius 1 is 0.875 bits per heavy atom. The van der Waals surface area contributed by atoms with E-state index in [0.717, 1.165) is 12.1 Å². The zero-order valence-electron chi connectivity index (χ0n) is 11.7. The highest BCUT2D eigenvalue weighted by atomic mass is 15.1. The zero-order valence-corrected chi connectivity index (χ0v) is 11.7. The molecule has 1 nitrogen and oxygen atoms in total. The van der Waals surface area contributed by atoms with Crippen LogP contribution in [-0.4, -0.2) is 24.0 Å². The Morgan fingerprint density at radius 2 is 1.38 bits per heavy atom. The van der Waals surface area contributed by atoms with Gasteiger partial charge in [0.25, 0.3) is 0 Å². The molecule has 0 aromatic heterocycles. The van der Waals surface area contributed by atoms with Gasteiger partial charge in [-0.15, -0.1) is 0 Å². The predicted octanol–water partition coefficient (Wildman–Crippen LogP) is 4.61. The normalized spacial score (nSPS) is 31.7. The first-order valence-corrected chi connectivity index (χ1v) is 7.47. The second kappa shape index (κ2) is 8.11. The third-order valence-electron chi connectivity index (χ3n) is 4.40. The van der Waals surface area contributed by atoms with E-state index in [0.29, 0.717) is 0 Å². The summed E-state index contributed by atoms with van der Waals surface area (Å²) >= 11 is 0. The van der Waals surface area contributed by atoms with E-state index in [1.807, 2.05) is 0 Å². The first-order valence-electron chi connectivity index (χ1n) is 7.47. The predicted molar refractivity (Wildman–Crippen MR) is 72.9 cm³/mol. The summed E-state index contributed by atoms with van der Waals surface area (Å²) in [7, 11) is 2.34. The summed E-state index contributed by atoms with van der Waals surface area (Å²) in [4.78, 5) is 2.64. The van der Waals surface area contributed by atoms with Gasteiger partial charge in [0.2, 0.25) is 0 Å². The van der Waals surface area contributed by atoms with Crippen LogP contribution in [0.25, 0.3) is 0 Å². The molecule has 0 aromatic rings. The Kier molecular flexibility index (Phi) is 7.11. The summed E-state index contributed by atoms with van der Waals surface area (Å²) in [6, 6.07) is 1.61. The smallest absolute Gasteiger partial charge is 0.00924 e. The minimum atomic E-state index is 0.782. The minimum Gasteiger partial charge on any atom is -0.301 e. The molecule has 96 valence electrons. The Labute approximate surface area is 103 Å². The van der Waals surface area contributed by atoms with E-state index in [4.69, 9.17) is 0 Å². The van der Waals surface area contributed by atoms with E-state index >= 15 is 0 Å². The molecular weight excluding hydrogens is 194 g/mol. The van der Waals surface area contributed by atoms with Crippen molar-refractivity contribution in [3.8, 4) is 0 Å². The lowest BCUT2D eigenvalue weighted by Gasteiger charge is -2.33. The Morgan fingerprint density at radius 3 is 1.94 bits per heavy atom. The van der Waals surface area contributed by atoms with Gasteiger partial charge in [0.05, 0.1) is 0 Å². The van der Waals surface area contributed by atoms with E-state index in [1.165, 1.54) is 64.2 Å². The molecule has 0 spiro atoms. The van der Waals surface area contributed by atoms with Crippen molar-refractivity contribution in [3.05, 3.63) is 0 Å². The Hall–Kier alpha value is -0.0400. The first kappa shape index (κ1) is 14.0. The van der Waals surface area contributed by atoms with Crippen molar-refractivity contribution < 1.29 is 0 Å². The van der Waals surface area contributed by atoms with Crippen LogP contribution in [0.2, 0.25) is 0 Å². The van der Waals surface area contributed by atoms with Crippen molar-refractivity contribution >= 4 is 0 Å². The van der Waals surface area contributed by atoms with Gasteiger partial charge in [-0.25, -0.2) is 0 Å². The van der Waals surface area contributed by atoms with Gasteiger partial charge >= 0.3 is 0 Å². The van der Waals surface area contributed by atoms with Gasteiger partial charge in [0, 0.05) is 12.1 Å². The van der Waals surface area contributed by atoms with Gasteiger partial charge in [-0.1, -0.05) is 51.9 Å². The average Bonchev–Trinajstić information content (AvgIpc) is 2.29. The second-order valence-corrected chi connectivity index (χ2v) is 5.63. The summed E-state index contributed by atoms with van der Waals surface area (Å²) in [5, 5.41) is 0. The summed E-state index contributed by atoms with van der Waals surface area (Å²) < 4.78 is 0. The van der Waals surface area contributed by atoms with Crippen LogP contribution >= 0.6 is 0 Å². The van der Waals surface area contributed by atoms with Crippen LogP contribution in [0.4, 0.5) is 0 Å². The fourth-order valence-corrected chi connectivity index (χ4v) is 2.96. The molecule has 16 heavy (non-hydrogen) atoms. The molecule has 0 bridgehead atoms. The topological polar surface area (TPSA) is 3.24 Å². The molecule has 0 saturated carbocycles. The molecule has 0 radical (unpaired) electrons. The summed E-state index contributed by atoms with van der Waals surface area (Å²) in [6.45, 7) is 4.76. The fourth-order valence-electron chi connectivity index (χ4n) is 2.96. The molecule has 1 aliphatic rings. The Balaban J connectivity index is 2.44. The maximum absolute atomic E-state index is 2.64. The molecule has 0 aliphatic carbocycles. The van der Waals surface area contributed by atoms with E-state index in [-0.39, 0.29) is 0 Å². The van der Waals surface area contributed by atoms with Crippen LogP contribution in [0, 0.1) is 0 Å². The van der Waals surface area contributed by atoms with Crippen molar-refractivity contribution in [2.45, 2.75) is 90.1 Å². The van der Waals surface area contributed by atoms with Gasteiger partial charge in [0.1, 0.15) is 0 Å². The van der Waals surface area contributed by atoms with Crippen LogP contribution in [-0.2, 0) is 0 Å². The third-order valence-corrected chi connectivity index (χ3v) is 4.40. The lowest BCUT2D eigenvalue weighted by molar-refractivity contribution is 0.156. The lowest BCUT2D eigenvalue weighted by Crippen LogP contribution is -2.38. The van der Waals surface area contributed by atoms with Crippen molar-refractivity contribution in [3.63, 3.8) is 0 Å². The summed E-state index contributed by atoms with van der Waals surface area (Å²) in [5.41, 5.74) is 0. The van der Waals surface area contributed by atoms with Crippen LogP contribution in [0.15, 0.2) is 0 Å². The van der Waals surface area contributed by atoms with E-state index in [1.54, 1.807) is 0 Å². The highest BCUT2D eigenvalue weighted by molar-refractivity contribution is 4.73. The SMILES string of the molecule is CCC1CCCCCCCCCC(C)N1C. The first-order chi connectivity index (χ1) is 7.75. The molecule has 2 atom stereocenters. The molecule has 2 unspecified atom stereocenters. The quantitative estimate of drug-likeness (QED) is 0.630. The zero-order chi connectivity index (χ0) is 11.8. The van der Waals surface area contributed by atoms with Gasteiger partial charge in [-0.2, -0.15) is 0 Å². The average molecular weight is 225 g/mol. The van der Waals surface area contributed by atoms with Gasteiger partial charge in [0.15, 0.2) is 0 Å². The molecule has 1 fully saturated rings. The van der Waals surface area contributed by atoms with Crippen LogP contribution in [0.3, 0.4) is 0 Å². The van der Waals surface area contributed by atoms with Crippen LogP contribution in [0.5, 0.6) is 0 Å². The number of rotatable bonds is 1. The van der Waals surface area contributed by atoms with Crippen molar-refractivity contribution in [2.24, 2.45) is 0 Å². The number of hydrogen-bond acceptors (Lipinski definition) is 1. The van der Waals surface area contributed by atoms with Crippen molar-refractivity contribution in [2.75, 3.05) is 7.05 Å². The standard InChI is InChI=1S/C15H31N/c1-4-15-13-11-9-7-5-6-8-10-12-14(2)16(15)3/h14-15H,4-13H2,1-3H3. The monoisotopic (exact) mass is 225 g/mol. The van der Waals surface area contributed by atoms with Gasteiger partial charge < -0.3 is 4.90 Å². The molecule has 0 N–H and O–H groups in total. The van der Waals surface area contributed by atoms with Crippen LogP contribution in [0.1, 0.15) is 78.1 Å². The highest BCUT2D eigenvalue weighted by Gasteiger charge is 2.17. The van der Waals surface area contributed by atoms with Crippen LogP contribution < -0.4 is 0 Å². The van der Waals surface area contributed by atoms with E-state index < -0.39 is 0 Å². The van der Waals surface area contributed by atoms with Gasteiger partial charge in [-0.3, -0.25) is 0 Å². The molecule has 1 aliphatic heterocycles. The number of nitrogens with zero attached hydrogens (tertiary/aromatic N) is 1. The van der Waals surface area contributed by atoms with E-state index in [2.05, 4.69) is 25.8 Å². The fraction of sp³-hybridized carbons (Fsp3) is 1.00. The molecular formula is C15H31N. The minimum absolute atomic E-state index is 0.782. The molecule has 1 rings (SSSR count). The summed E-state index contributed by atoms with van der Waals surface area (Å²) in [5.74, 6) is 0. The maximum atomic E-state index is 2.64. The molecule has 1 heteroatoms. The van der Waals surface area contributed by atoms with Crippen molar-refractivity contribution in [1.82, 2.24) is 4.90 Å². The number of hydrogen-bond donors (Lipinski definition) is 0. The Bertz CT molecular complexity index is 167.